The van der Waals surface area contributed by atoms with Crippen LogP contribution in [0.1, 0.15) is 12.8 Å². The van der Waals surface area contributed by atoms with Gasteiger partial charge in [0.2, 0.25) is 5.91 Å². The molecule has 2 aromatic carbocycles. The highest BCUT2D eigenvalue weighted by Crippen LogP contribution is 2.48. The van der Waals surface area contributed by atoms with Gasteiger partial charge in [0.15, 0.2) is 14.6 Å². The lowest BCUT2D eigenvalue weighted by molar-refractivity contribution is -0.116. The summed E-state index contributed by atoms with van der Waals surface area (Å²) >= 11 is 11.6. The van der Waals surface area contributed by atoms with Gasteiger partial charge in [0, 0.05) is 5.02 Å². The third-order valence-electron chi connectivity index (χ3n) is 3.94. The first-order valence-electron chi connectivity index (χ1n) is 7.03. The highest BCUT2D eigenvalue weighted by atomic mass is 35.5. The maximum absolute atomic E-state index is 13.1. The molecule has 0 atom stereocenters. The Morgan fingerprint density at radius 2 is 1.71 bits per heavy atom. The fourth-order valence-corrected chi connectivity index (χ4v) is 4.62. The number of hydrogen-bond acceptors (Lipinski definition) is 3. The molecule has 0 aromatic heterocycles. The standard InChI is InChI=1S/C16H12Cl2FNO3S/c17-10-1-4-12(5-2-10)24(22,23)16(7-8-16)15(21)20-14-6-3-11(19)9-13(14)18/h1-6,9H,7-8H2,(H,20,21). The van der Waals surface area contributed by atoms with Crippen LogP contribution in [0.3, 0.4) is 0 Å². The number of hydrogen-bond donors (Lipinski definition) is 1. The quantitative estimate of drug-likeness (QED) is 0.859. The Kier molecular flexibility index (Phi) is 4.32. The number of carbonyl (C=O) groups excluding carboxylic acids is 1. The van der Waals surface area contributed by atoms with E-state index in [1.807, 2.05) is 0 Å². The van der Waals surface area contributed by atoms with Crippen LogP contribution in [-0.4, -0.2) is 19.1 Å². The van der Waals surface area contributed by atoms with E-state index in [4.69, 9.17) is 23.2 Å². The molecule has 3 rings (SSSR count). The molecular formula is C16H12Cl2FNO3S. The van der Waals surface area contributed by atoms with Crippen LogP contribution in [0, 0.1) is 5.82 Å². The van der Waals surface area contributed by atoms with E-state index in [0.29, 0.717) is 5.02 Å². The lowest BCUT2D eigenvalue weighted by atomic mass is 10.3. The molecule has 0 saturated heterocycles. The average Bonchev–Trinajstić information content (AvgIpc) is 3.32. The first kappa shape index (κ1) is 17.2. The zero-order valence-electron chi connectivity index (χ0n) is 12.2. The Morgan fingerprint density at radius 1 is 1.08 bits per heavy atom. The van der Waals surface area contributed by atoms with Gasteiger partial charge in [0.25, 0.3) is 0 Å². The van der Waals surface area contributed by atoms with Crippen LogP contribution in [-0.2, 0) is 14.6 Å². The van der Waals surface area contributed by atoms with Crippen molar-refractivity contribution in [2.24, 2.45) is 0 Å². The van der Waals surface area contributed by atoms with Crippen LogP contribution >= 0.6 is 23.2 Å². The van der Waals surface area contributed by atoms with Crippen LogP contribution in [0.5, 0.6) is 0 Å². The van der Waals surface area contributed by atoms with Crippen molar-refractivity contribution >= 4 is 44.6 Å². The molecular weight excluding hydrogens is 376 g/mol. The van der Waals surface area contributed by atoms with Crippen molar-refractivity contribution in [1.29, 1.82) is 0 Å². The van der Waals surface area contributed by atoms with Crippen molar-refractivity contribution in [3.8, 4) is 0 Å². The van der Waals surface area contributed by atoms with Gasteiger partial charge < -0.3 is 5.32 Å². The summed E-state index contributed by atoms with van der Waals surface area (Å²) in [6.45, 7) is 0. The Morgan fingerprint density at radius 3 is 2.25 bits per heavy atom. The third kappa shape index (κ3) is 2.90. The van der Waals surface area contributed by atoms with Crippen molar-refractivity contribution in [1.82, 2.24) is 0 Å². The summed E-state index contributed by atoms with van der Waals surface area (Å²) in [5, 5.41) is 2.89. The van der Waals surface area contributed by atoms with E-state index < -0.39 is 26.3 Å². The normalized spacial score (nSPS) is 15.8. The molecule has 1 saturated carbocycles. The summed E-state index contributed by atoms with van der Waals surface area (Å²) in [7, 11) is -3.87. The fourth-order valence-electron chi connectivity index (χ4n) is 2.40. The molecule has 1 N–H and O–H groups in total. The summed E-state index contributed by atoms with van der Waals surface area (Å²) in [6, 6.07) is 9.13. The molecule has 8 heteroatoms. The molecule has 1 aliphatic carbocycles. The van der Waals surface area contributed by atoms with Crippen molar-refractivity contribution in [2.45, 2.75) is 22.5 Å². The predicted octanol–water partition coefficient (Wildman–Crippen LogP) is 4.08. The Hall–Kier alpha value is -1.63. The number of benzene rings is 2. The molecule has 0 heterocycles. The first-order valence-corrected chi connectivity index (χ1v) is 9.27. The second kappa shape index (κ2) is 6.02. The van der Waals surface area contributed by atoms with Crippen molar-refractivity contribution in [2.75, 3.05) is 5.32 Å². The van der Waals surface area contributed by atoms with Gasteiger partial charge >= 0.3 is 0 Å². The molecule has 0 unspecified atom stereocenters. The topological polar surface area (TPSA) is 63.2 Å². The van der Waals surface area contributed by atoms with Crippen LogP contribution in [0.2, 0.25) is 10.0 Å². The minimum absolute atomic E-state index is 0.00282. The van der Waals surface area contributed by atoms with Gasteiger partial charge in [0.1, 0.15) is 5.82 Å². The van der Waals surface area contributed by atoms with Gasteiger partial charge in [-0.2, -0.15) is 0 Å². The van der Waals surface area contributed by atoms with E-state index in [1.54, 1.807) is 0 Å². The van der Waals surface area contributed by atoms with E-state index in [-0.39, 0.29) is 28.4 Å². The second-order valence-electron chi connectivity index (χ2n) is 5.53. The summed E-state index contributed by atoms with van der Waals surface area (Å²) in [5.41, 5.74) is 0.167. The van der Waals surface area contributed by atoms with Crippen LogP contribution < -0.4 is 5.32 Å². The summed E-state index contributed by atoms with van der Waals surface area (Å²) in [6.07, 6.45) is 0.422. The van der Waals surface area contributed by atoms with E-state index in [1.165, 1.54) is 30.3 Å². The number of halogens is 3. The maximum atomic E-state index is 13.1. The summed E-state index contributed by atoms with van der Waals surface area (Å²) in [4.78, 5) is 12.6. The largest absolute Gasteiger partial charge is 0.323 e. The van der Waals surface area contributed by atoms with Gasteiger partial charge in [-0.1, -0.05) is 23.2 Å². The average molecular weight is 388 g/mol. The second-order valence-corrected chi connectivity index (χ2v) is 8.63. The fraction of sp³-hybridized carbons (Fsp3) is 0.188. The molecule has 1 amide bonds. The highest BCUT2D eigenvalue weighted by Gasteiger charge is 2.61. The van der Waals surface area contributed by atoms with Crippen molar-refractivity contribution in [3.63, 3.8) is 0 Å². The lowest BCUT2D eigenvalue weighted by Crippen LogP contribution is -2.37. The zero-order valence-corrected chi connectivity index (χ0v) is 14.6. The van der Waals surface area contributed by atoms with Crippen molar-refractivity contribution in [3.05, 3.63) is 58.3 Å². The monoisotopic (exact) mass is 387 g/mol. The summed E-state index contributed by atoms with van der Waals surface area (Å²) < 4.78 is 37.1. The molecule has 1 aliphatic rings. The van der Waals surface area contributed by atoms with Gasteiger partial charge in [-0.15, -0.1) is 0 Å². The molecule has 4 nitrogen and oxygen atoms in total. The number of carbonyl (C=O) groups is 1. The summed E-state index contributed by atoms with van der Waals surface area (Å²) in [5.74, 6) is -1.22. The maximum Gasteiger partial charge on any atom is 0.246 e. The van der Waals surface area contributed by atoms with E-state index >= 15 is 0 Å². The van der Waals surface area contributed by atoms with E-state index in [2.05, 4.69) is 5.32 Å². The molecule has 0 radical (unpaired) electrons. The minimum atomic E-state index is -3.87. The molecule has 24 heavy (non-hydrogen) atoms. The SMILES string of the molecule is O=C(Nc1ccc(F)cc1Cl)C1(S(=O)(=O)c2ccc(Cl)cc2)CC1. The van der Waals surface area contributed by atoms with Crippen LogP contribution in [0.15, 0.2) is 47.4 Å². The van der Waals surface area contributed by atoms with Gasteiger partial charge in [-0.3, -0.25) is 4.79 Å². The Bertz CT molecular complexity index is 909. The molecule has 0 aliphatic heterocycles. The van der Waals surface area contributed by atoms with Crippen LogP contribution in [0.4, 0.5) is 10.1 Å². The first-order chi connectivity index (χ1) is 11.3. The van der Waals surface area contributed by atoms with Gasteiger partial charge in [0.05, 0.1) is 15.6 Å². The number of sulfone groups is 1. The number of rotatable bonds is 4. The molecule has 126 valence electrons. The number of nitrogens with one attached hydrogen (secondary N) is 1. The molecule has 2 aromatic rings. The third-order valence-corrected chi connectivity index (χ3v) is 7.02. The van der Waals surface area contributed by atoms with E-state index in [9.17, 15) is 17.6 Å². The van der Waals surface area contributed by atoms with Crippen LogP contribution in [0.25, 0.3) is 0 Å². The smallest absolute Gasteiger partial charge is 0.246 e. The number of amides is 1. The van der Waals surface area contributed by atoms with E-state index in [0.717, 1.165) is 12.1 Å². The molecule has 0 bridgehead atoms. The predicted molar refractivity (Wildman–Crippen MR) is 90.6 cm³/mol. The van der Waals surface area contributed by atoms with Gasteiger partial charge in [-0.05, 0) is 55.3 Å². The van der Waals surface area contributed by atoms with Gasteiger partial charge in [-0.25, -0.2) is 12.8 Å². The zero-order chi connectivity index (χ0) is 17.5. The molecule has 0 spiro atoms. The minimum Gasteiger partial charge on any atom is -0.323 e. The Labute approximate surface area is 148 Å². The Balaban J connectivity index is 1.90. The highest BCUT2D eigenvalue weighted by molar-refractivity contribution is 7.94. The number of anilines is 1. The van der Waals surface area contributed by atoms with Crippen molar-refractivity contribution < 1.29 is 17.6 Å². The molecule has 1 fully saturated rings. The lowest BCUT2D eigenvalue weighted by Gasteiger charge is -2.17.